The molecule has 1 unspecified atom stereocenters. The molecule has 35 heavy (non-hydrogen) atoms. The second-order valence-corrected chi connectivity index (χ2v) is 8.05. The zero-order valence-corrected chi connectivity index (χ0v) is 19.8. The molecule has 0 aromatic heterocycles. The first-order valence-corrected chi connectivity index (χ1v) is 10.8. The Bertz CT molecular complexity index is 1300. The fraction of sp³-hybridized carbons (Fsp3) is 0.154. The molecule has 1 saturated heterocycles. The van der Waals surface area contributed by atoms with Gasteiger partial charge in [0, 0.05) is 16.3 Å². The normalized spacial score (nSPS) is 16.9. The largest absolute Gasteiger partial charge is 0.507 e. The van der Waals surface area contributed by atoms with E-state index < -0.39 is 23.5 Å². The van der Waals surface area contributed by atoms with Crippen LogP contribution in [0.4, 0.5) is 10.1 Å². The van der Waals surface area contributed by atoms with E-state index in [0.717, 1.165) is 0 Å². The van der Waals surface area contributed by atoms with Crippen LogP contribution >= 0.6 is 11.6 Å². The Hall–Kier alpha value is -4.04. The number of hydrogen-bond acceptors (Lipinski definition) is 6. The molecule has 180 valence electrons. The molecule has 9 heteroatoms. The maximum Gasteiger partial charge on any atom is 0.300 e. The van der Waals surface area contributed by atoms with Crippen molar-refractivity contribution >= 4 is 34.7 Å². The molecule has 0 bridgehead atoms. The van der Waals surface area contributed by atoms with E-state index in [1.54, 1.807) is 24.3 Å². The molecular weight excluding hydrogens is 477 g/mol. The molecule has 0 aliphatic carbocycles. The van der Waals surface area contributed by atoms with Gasteiger partial charge in [0.05, 0.1) is 32.9 Å². The van der Waals surface area contributed by atoms with Crippen LogP contribution in [0, 0.1) is 5.82 Å². The highest BCUT2D eigenvalue weighted by Gasteiger charge is 2.47. The van der Waals surface area contributed by atoms with Crippen molar-refractivity contribution in [3.05, 3.63) is 88.2 Å². The Morgan fingerprint density at radius 3 is 2.00 bits per heavy atom. The quantitative estimate of drug-likeness (QED) is 0.289. The van der Waals surface area contributed by atoms with Gasteiger partial charge in [-0.1, -0.05) is 11.6 Å². The zero-order valence-electron chi connectivity index (χ0n) is 19.0. The van der Waals surface area contributed by atoms with E-state index in [2.05, 4.69) is 0 Å². The van der Waals surface area contributed by atoms with Gasteiger partial charge in [0.2, 0.25) is 5.75 Å². The molecule has 1 aliphatic heterocycles. The van der Waals surface area contributed by atoms with Crippen LogP contribution in [0.3, 0.4) is 0 Å². The molecule has 1 amide bonds. The summed E-state index contributed by atoms with van der Waals surface area (Å²) in [6.07, 6.45) is 0. The van der Waals surface area contributed by atoms with Crippen LogP contribution in [0.25, 0.3) is 5.76 Å². The third-order valence-corrected chi connectivity index (χ3v) is 5.92. The highest BCUT2D eigenvalue weighted by Crippen LogP contribution is 2.47. The highest BCUT2D eigenvalue weighted by atomic mass is 35.5. The molecule has 0 spiro atoms. The lowest BCUT2D eigenvalue weighted by molar-refractivity contribution is -0.132. The lowest BCUT2D eigenvalue weighted by Gasteiger charge is -2.26. The van der Waals surface area contributed by atoms with E-state index in [-0.39, 0.29) is 28.5 Å². The molecule has 4 rings (SSSR count). The standard InChI is InChI=1S/C26H21ClFNO6/c1-33-19-12-15(13-20(34-2)25(19)35-3)22-21(23(30)14-4-6-16(27)7-5-14)24(31)26(32)29(22)18-10-8-17(28)9-11-18/h4-13,22,30H,1-3H3/b23-21+. The van der Waals surface area contributed by atoms with Crippen molar-refractivity contribution < 1.29 is 33.3 Å². The summed E-state index contributed by atoms with van der Waals surface area (Å²) in [6, 6.07) is 13.4. The molecule has 1 atom stereocenters. The zero-order chi connectivity index (χ0) is 25.3. The van der Waals surface area contributed by atoms with Gasteiger partial charge in [-0.15, -0.1) is 0 Å². The van der Waals surface area contributed by atoms with Crippen LogP contribution in [-0.4, -0.2) is 38.1 Å². The molecule has 0 saturated carbocycles. The van der Waals surface area contributed by atoms with E-state index in [1.165, 1.54) is 62.6 Å². The van der Waals surface area contributed by atoms with Crippen molar-refractivity contribution in [2.24, 2.45) is 0 Å². The SMILES string of the molecule is COc1cc(C2/C(=C(\O)c3ccc(Cl)cc3)C(=O)C(=O)N2c2ccc(F)cc2)cc(OC)c1OC. The first-order valence-electron chi connectivity index (χ1n) is 10.4. The maximum atomic E-state index is 13.6. The van der Waals surface area contributed by atoms with Gasteiger partial charge in [0.25, 0.3) is 11.7 Å². The molecule has 1 aliphatic rings. The Morgan fingerprint density at radius 2 is 1.49 bits per heavy atom. The third-order valence-electron chi connectivity index (χ3n) is 5.67. The van der Waals surface area contributed by atoms with Gasteiger partial charge < -0.3 is 19.3 Å². The first kappa shape index (κ1) is 24.1. The van der Waals surface area contributed by atoms with Crippen LogP contribution in [-0.2, 0) is 9.59 Å². The summed E-state index contributed by atoms with van der Waals surface area (Å²) in [7, 11) is 4.32. The topological polar surface area (TPSA) is 85.3 Å². The number of nitrogens with zero attached hydrogens (tertiary/aromatic N) is 1. The molecule has 1 heterocycles. The average Bonchev–Trinajstić information content (AvgIpc) is 3.13. The number of hydrogen-bond donors (Lipinski definition) is 1. The number of halogens is 2. The number of Topliss-reactive ketones (excluding diaryl/α,β-unsaturated/α-hetero) is 1. The Balaban J connectivity index is 2.00. The predicted octanol–water partition coefficient (Wildman–Crippen LogP) is 5.13. The highest BCUT2D eigenvalue weighted by molar-refractivity contribution is 6.51. The first-order chi connectivity index (χ1) is 16.8. The lowest BCUT2D eigenvalue weighted by Crippen LogP contribution is -2.29. The van der Waals surface area contributed by atoms with Crippen molar-refractivity contribution in [1.82, 2.24) is 0 Å². The van der Waals surface area contributed by atoms with Gasteiger partial charge in [-0.2, -0.15) is 0 Å². The van der Waals surface area contributed by atoms with E-state index >= 15 is 0 Å². The number of aliphatic hydroxyl groups is 1. The van der Waals surface area contributed by atoms with Crippen LogP contribution in [0.1, 0.15) is 17.2 Å². The van der Waals surface area contributed by atoms with Gasteiger partial charge in [0.1, 0.15) is 11.6 Å². The molecule has 0 radical (unpaired) electrons. The summed E-state index contributed by atoms with van der Waals surface area (Å²) in [5.41, 5.74) is 0.806. The summed E-state index contributed by atoms with van der Waals surface area (Å²) in [5.74, 6) is -1.78. The van der Waals surface area contributed by atoms with E-state index in [4.69, 9.17) is 25.8 Å². The molecule has 3 aromatic carbocycles. The van der Waals surface area contributed by atoms with Crippen LogP contribution in [0.15, 0.2) is 66.2 Å². The Kier molecular flexibility index (Phi) is 6.66. The number of methoxy groups -OCH3 is 3. The van der Waals surface area contributed by atoms with E-state index in [1.807, 2.05) is 0 Å². The second-order valence-electron chi connectivity index (χ2n) is 7.61. The Morgan fingerprint density at radius 1 is 0.914 bits per heavy atom. The van der Waals surface area contributed by atoms with Crippen molar-refractivity contribution in [2.75, 3.05) is 26.2 Å². The summed E-state index contributed by atoms with van der Waals surface area (Å²) < 4.78 is 29.9. The minimum absolute atomic E-state index is 0.157. The number of benzene rings is 3. The van der Waals surface area contributed by atoms with E-state index in [0.29, 0.717) is 21.9 Å². The molecule has 1 fully saturated rings. The number of carbonyl (C=O) groups is 2. The maximum absolute atomic E-state index is 13.6. The lowest BCUT2D eigenvalue weighted by atomic mass is 9.94. The van der Waals surface area contributed by atoms with Gasteiger partial charge in [-0.25, -0.2) is 4.39 Å². The van der Waals surface area contributed by atoms with Gasteiger partial charge in [-0.3, -0.25) is 14.5 Å². The summed E-state index contributed by atoms with van der Waals surface area (Å²) in [4.78, 5) is 27.7. The number of carbonyl (C=O) groups excluding carboxylic acids is 2. The monoisotopic (exact) mass is 497 g/mol. The minimum atomic E-state index is -1.08. The van der Waals surface area contributed by atoms with Crippen molar-refractivity contribution in [3.63, 3.8) is 0 Å². The van der Waals surface area contributed by atoms with Crippen molar-refractivity contribution in [2.45, 2.75) is 6.04 Å². The fourth-order valence-electron chi connectivity index (χ4n) is 4.04. The number of amides is 1. The van der Waals surface area contributed by atoms with Gasteiger partial charge >= 0.3 is 0 Å². The molecule has 7 nitrogen and oxygen atoms in total. The molecular formula is C26H21ClFNO6. The number of rotatable bonds is 6. The smallest absolute Gasteiger partial charge is 0.300 e. The third kappa shape index (κ3) is 4.28. The van der Waals surface area contributed by atoms with Gasteiger partial charge in [0.15, 0.2) is 11.5 Å². The fourth-order valence-corrected chi connectivity index (χ4v) is 4.16. The number of anilines is 1. The number of aliphatic hydroxyl groups excluding tert-OH is 1. The predicted molar refractivity (Wildman–Crippen MR) is 129 cm³/mol. The molecule has 1 N–H and O–H groups in total. The van der Waals surface area contributed by atoms with E-state index in [9.17, 15) is 19.1 Å². The van der Waals surface area contributed by atoms with Gasteiger partial charge in [-0.05, 0) is 66.2 Å². The molecule has 3 aromatic rings. The average molecular weight is 498 g/mol. The van der Waals surface area contributed by atoms with Crippen LogP contribution in [0.5, 0.6) is 17.2 Å². The second kappa shape index (κ2) is 9.68. The number of ketones is 1. The Labute approximate surface area is 205 Å². The van der Waals surface area contributed by atoms with Crippen LogP contribution in [0.2, 0.25) is 5.02 Å². The van der Waals surface area contributed by atoms with Crippen molar-refractivity contribution in [1.29, 1.82) is 0 Å². The number of ether oxygens (including phenoxy) is 3. The summed E-state index contributed by atoms with van der Waals surface area (Å²) >= 11 is 5.97. The van der Waals surface area contributed by atoms with Crippen molar-refractivity contribution in [3.8, 4) is 17.2 Å². The summed E-state index contributed by atoms with van der Waals surface area (Å²) in [5, 5.41) is 11.6. The summed E-state index contributed by atoms with van der Waals surface area (Å²) in [6.45, 7) is 0. The minimum Gasteiger partial charge on any atom is -0.507 e. The van der Waals surface area contributed by atoms with Crippen LogP contribution < -0.4 is 19.1 Å².